The minimum absolute atomic E-state index is 0.223. The first kappa shape index (κ1) is 14.6. The van der Waals surface area contributed by atoms with E-state index >= 15 is 0 Å². The van der Waals surface area contributed by atoms with Gasteiger partial charge in [-0.05, 0) is 42.9 Å². The number of carbonyl (C=O) groups excluding carboxylic acids is 1. The molecule has 0 aliphatic rings. The Morgan fingerprint density at radius 3 is 2.56 bits per heavy atom. The quantitative estimate of drug-likeness (QED) is 0.791. The maximum absolute atomic E-state index is 12.7. The van der Waals surface area contributed by atoms with Crippen molar-refractivity contribution >= 4 is 5.97 Å². The van der Waals surface area contributed by atoms with Crippen LogP contribution in [0.25, 0.3) is 0 Å². The molecular weight excluding hydrogens is 233 g/mol. The Kier molecular flexibility index (Phi) is 5.78. The number of aryl methyl sites for hydroxylation is 1. The SMILES string of the molecule is COC(=O)C(N)CC(C)CCc1ccc(F)cc1. The molecule has 0 heterocycles. The zero-order chi connectivity index (χ0) is 13.5. The lowest BCUT2D eigenvalue weighted by Crippen LogP contribution is -2.33. The number of nitrogens with two attached hydrogens (primary N) is 1. The van der Waals surface area contributed by atoms with E-state index in [0.29, 0.717) is 12.3 Å². The van der Waals surface area contributed by atoms with Crippen LogP contribution >= 0.6 is 0 Å². The Morgan fingerprint density at radius 1 is 1.39 bits per heavy atom. The van der Waals surface area contributed by atoms with Crippen LogP contribution in [0.2, 0.25) is 0 Å². The topological polar surface area (TPSA) is 52.3 Å². The molecule has 0 amide bonds. The van der Waals surface area contributed by atoms with Crippen LogP contribution in [0.5, 0.6) is 0 Å². The second kappa shape index (κ2) is 7.11. The number of carbonyl (C=O) groups is 1. The summed E-state index contributed by atoms with van der Waals surface area (Å²) in [7, 11) is 1.34. The van der Waals surface area contributed by atoms with E-state index in [2.05, 4.69) is 4.74 Å². The maximum atomic E-state index is 12.7. The van der Waals surface area contributed by atoms with Gasteiger partial charge in [-0.25, -0.2) is 4.39 Å². The monoisotopic (exact) mass is 253 g/mol. The van der Waals surface area contributed by atoms with Crippen LogP contribution in [-0.4, -0.2) is 19.1 Å². The molecular formula is C14H20FNO2. The van der Waals surface area contributed by atoms with Gasteiger partial charge in [0.15, 0.2) is 0 Å². The van der Waals surface area contributed by atoms with Gasteiger partial charge < -0.3 is 10.5 Å². The Labute approximate surface area is 107 Å². The number of methoxy groups -OCH3 is 1. The second-order valence-corrected chi connectivity index (χ2v) is 4.64. The number of rotatable bonds is 6. The number of hydrogen-bond acceptors (Lipinski definition) is 3. The van der Waals surface area contributed by atoms with Gasteiger partial charge in [0.2, 0.25) is 0 Å². The lowest BCUT2D eigenvalue weighted by molar-refractivity contribution is -0.142. The van der Waals surface area contributed by atoms with Crippen LogP contribution < -0.4 is 5.73 Å². The highest BCUT2D eigenvalue weighted by Crippen LogP contribution is 2.15. The first-order chi connectivity index (χ1) is 8.52. The molecule has 18 heavy (non-hydrogen) atoms. The van der Waals surface area contributed by atoms with Crippen LogP contribution in [0.15, 0.2) is 24.3 Å². The molecule has 2 N–H and O–H groups in total. The normalized spacial score (nSPS) is 14.0. The largest absolute Gasteiger partial charge is 0.468 e. The fourth-order valence-corrected chi connectivity index (χ4v) is 1.86. The average Bonchev–Trinajstić information content (AvgIpc) is 2.37. The van der Waals surface area contributed by atoms with Crippen molar-refractivity contribution in [1.82, 2.24) is 0 Å². The number of hydrogen-bond donors (Lipinski definition) is 1. The van der Waals surface area contributed by atoms with Gasteiger partial charge in [-0.3, -0.25) is 4.79 Å². The summed E-state index contributed by atoms with van der Waals surface area (Å²) >= 11 is 0. The molecule has 2 unspecified atom stereocenters. The third kappa shape index (κ3) is 4.84. The van der Waals surface area contributed by atoms with Crippen LogP contribution in [0.1, 0.15) is 25.3 Å². The van der Waals surface area contributed by atoms with E-state index in [0.717, 1.165) is 18.4 Å². The molecule has 3 nitrogen and oxygen atoms in total. The van der Waals surface area contributed by atoms with E-state index in [9.17, 15) is 9.18 Å². The zero-order valence-corrected chi connectivity index (χ0v) is 10.9. The van der Waals surface area contributed by atoms with E-state index in [4.69, 9.17) is 5.73 Å². The predicted octanol–water partition coefficient (Wildman–Crippen LogP) is 2.28. The van der Waals surface area contributed by atoms with Gasteiger partial charge in [-0.15, -0.1) is 0 Å². The predicted molar refractivity (Wildman–Crippen MR) is 68.5 cm³/mol. The van der Waals surface area contributed by atoms with E-state index < -0.39 is 6.04 Å². The summed E-state index contributed by atoms with van der Waals surface area (Å²) in [5.41, 5.74) is 6.79. The standard InChI is InChI=1S/C14H20FNO2/c1-10(9-13(16)14(17)18-2)3-4-11-5-7-12(15)8-6-11/h5-8,10,13H,3-4,9,16H2,1-2H3. The fraction of sp³-hybridized carbons (Fsp3) is 0.500. The van der Waals surface area contributed by atoms with Crippen LogP contribution in [0.3, 0.4) is 0 Å². The molecule has 0 saturated carbocycles. The molecule has 0 saturated heterocycles. The molecule has 100 valence electrons. The van der Waals surface area contributed by atoms with E-state index in [1.165, 1.54) is 19.2 Å². The summed E-state index contributed by atoms with van der Waals surface area (Å²) in [5, 5.41) is 0. The van der Waals surface area contributed by atoms with Crippen molar-refractivity contribution < 1.29 is 13.9 Å². The maximum Gasteiger partial charge on any atom is 0.322 e. The highest BCUT2D eigenvalue weighted by molar-refractivity contribution is 5.75. The third-order valence-electron chi connectivity index (χ3n) is 3.00. The molecule has 0 fully saturated rings. The molecule has 1 aromatic carbocycles. The smallest absolute Gasteiger partial charge is 0.322 e. The van der Waals surface area contributed by atoms with Crippen molar-refractivity contribution in [1.29, 1.82) is 0 Å². The number of ether oxygens (including phenoxy) is 1. The molecule has 0 bridgehead atoms. The van der Waals surface area contributed by atoms with E-state index in [1.807, 2.05) is 6.92 Å². The first-order valence-electron chi connectivity index (χ1n) is 6.10. The fourth-order valence-electron chi connectivity index (χ4n) is 1.86. The number of halogens is 1. The third-order valence-corrected chi connectivity index (χ3v) is 3.00. The molecule has 1 rings (SSSR count). The Hall–Kier alpha value is -1.42. The summed E-state index contributed by atoms with van der Waals surface area (Å²) in [4.78, 5) is 11.2. The van der Waals surface area contributed by atoms with Gasteiger partial charge in [0, 0.05) is 0 Å². The second-order valence-electron chi connectivity index (χ2n) is 4.64. The summed E-state index contributed by atoms with van der Waals surface area (Å²) in [6, 6.07) is 5.92. The van der Waals surface area contributed by atoms with Gasteiger partial charge in [-0.2, -0.15) is 0 Å². The molecule has 1 aromatic rings. The van der Waals surface area contributed by atoms with Crippen molar-refractivity contribution in [3.63, 3.8) is 0 Å². The highest BCUT2D eigenvalue weighted by atomic mass is 19.1. The molecule has 0 spiro atoms. The van der Waals surface area contributed by atoms with Gasteiger partial charge >= 0.3 is 5.97 Å². The molecule has 0 aromatic heterocycles. The molecule has 0 radical (unpaired) electrons. The van der Waals surface area contributed by atoms with Crippen molar-refractivity contribution in [2.75, 3.05) is 7.11 Å². The van der Waals surface area contributed by atoms with Crippen LogP contribution in [-0.2, 0) is 16.0 Å². The van der Waals surface area contributed by atoms with Crippen LogP contribution in [0, 0.1) is 11.7 Å². The first-order valence-corrected chi connectivity index (χ1v) is 6.10. The zero-order valence-electron chi connectivity index (χ0n) is 10.9. The summed E-state index contributed by atoms with van der Waals surface area (Å²) in [6.07, 6.45) is 2.37. The number of benzene rings is 1. The van der Waals surface area contributed by atoms with Gasteiger partial charge in [0.1, 0.15) is 11.9 Å². The summed E-state index contributed by atoms with van der Waals surface area (Å²) in [5.74, 6) is -0.271. The van der Waals surface area contributed by atoms with E-state index in [-0.39, 0.29) is 11.8 Å². The van der Waals surface area contributed by atoms with Gasteiger partial charge in [0.05, 0.1) is 7.11 Å². The van der Waals surface area contributed by atoms with Crippen molar-refractivity contribution in [2.45, 2.75) is 32.2 Å². The molecule has 4 heteroatoms. The molecule has 0 aliphatic carbocycles. The lowest BCUT2D eigenvalue weighted by Gasteiger charge is -2.15. The van der Waals surface area contributed by atoms with Gasteiger partial charge in [-0.1, -0.05) is 19.1 Å². The Morgan fingerprint density at radius 2 is 2.00 bits per heavy atom. The minimum Gasteiger partial charge on any atom is -0.468 e. The van der Waals surface area contributed by atoms with Crippen LogP contribution in [0.4, 0.5) is 4.39 Å². The summed E-state index contributed by atoms with van der Waals surface area (Å²) in [6.45, 7) is 2.05. The number of esters is 1. The van der Waals surface area contributed by atoms with Gasteiger partial charge in [0.25, 0.3) is 0 Å². The summed E-state index contributed by atoms with van der Waals surface area (Å²) < 4.78 is 17.3. The van der Waals surface area contributed by atoms with Crippen molar-refractivity contribution in [3.8, 4) is 0 Å². The van der Waals surface area contributed by atoms with Crippen molar-refractivity contribution in [2.24, 2.45) is 11.7 Å². The van der Waals surface area contributed by atoms with Crippen molar-refractivity contribution in [3.05, 3.63) is 35.6 Å². The molecule has 0 aliphatic heterocycles. The lowest BCUT2D eigenvalue weighted by atomic mass is 9.95. The Bertz CT molecular complexity index is 378. The highest BCUT2D eigenvalue weighted by Gasteiger charge is 2.16. The average molecular weight is 253 g/mol. The Balaban J connectivity index is 2.34. The molecule has 2 atom stereocenters. The minimum atomic E-state index is -0.557. The van der Waals surface area contributed by atoms with E-state index in [1.54, 1.807) is 12.1 Å².